The van der Waals surface area contributed by atoms with E-state index in [1.807, 2.05) is 0 Å². The highest BCUT2D eigenvalue weighted by atomic mass is 35.5. The summed E-state index contributed by atoms with van der Waals surface area (Å²) >= 11 is 0. The maximum absolute atomic E-state index is 11.1. The van der Waals surface area contributed by atoms with Crippen molar-refractivity contribution in [1.29, 1.82) is 4.78 Å². The molecule has 0 aromatic carbocycles. The molecule has 0 amide bonds. The average molecular weight is 185 g/mol. The first kappa shape index (κ1) is 10.2. The van der Waals surface area contributed by atoms with Gasteiger partial charge in [-0.15, -0.1) is 12.4 Å². The van der Waals surface area contributed by atoms with E-state index in [1.54, 1.807) is 0 Å². The number of nitrogens with one attached hydrogen (secondary N) is 2. The number of hydrogen-bond acceptors (Lipinski definition) is 3. The molecule has 0 aromatic heterocycles. The van der Waals surface area contributed by atoms with Gasteiger partial charge in [-0.25, -0.2) is 4.21 Å². The van der Waals surface area contributed by atoms with Gasteiger partial charge in [0.15, 0.2) is 0 Å². The Morgan fingerprint density at radius 1 is 1.30 bits per heavy atom. The smallest absolute Gasteiger partial charge is 0.0454 e. The van der Waals surface area contributed by atoms with Gasteiger partial charge in [0, 0.05) is 27.8 Å². The fourth-order valence-electron chi connectivity index (χ4n) is 0.894. The largest absolute Gasteiger partial charge is 0.316 e. The van der Waals surface area contributed by atoms with E-state index >= 15 is 0 Å². The maximum atomic E-state index is 11.1. The highest BCUT2D eigenvalue weighted by Gasteiger charge is 2.08. The van der Waals surface area contributed by atoms with E-state index in [2.05, 4.69) is 5.32 Å². The highest BCUT2D eigenvalue weighted by Crippen LogP contribution is 1.97. The molecule has 5 heteroatoms. The van der Waals surface area contributed by atoms with Crippen molar-refractivity contribution < 1.29 is 4.21 Å². The van der Waals surface area contributed by atoms with E-state index < -0.39 is 9.73 Å². The number of rotatable bonds is 0. The SMILES string of the molecule is Cl.N=S1(=O)CCCNCC1. The standard InChI is InChI=1S/C5H12N2OS.ClH/c6-9(8)4-1-2-7-3-5-9;/h6-7H,1-5H2;1H. The van der Waals surface area contributed by atoms with Crippen molar-refractivity contribution in [2.75, 3.05) is 24.6 Å². The van der Waals surface area contributed by atoms with E-state index in [4.69, 9.17) is 4.78 Å². The fraction of sp³-hybridized carbons (Fsp3) is 1.00. The molecule has 1 rings (SSSR count). The summed E-state index contributed by atoms with van der Waals surface area (Å²) in [4.78, 5) is 0. The van der Waals surface area contributed by atoms with Gasteiger partial charge >= 0.3 is 0 Å². The molecule has 1 aliphatic heterocycles. The van der Waals surface area contributed by atoms with Crippen LogP contribution in [0.1, 0.15) is 6.42 Å². The molecular weight excluding hydrogens is 172 g/mol. The Morgan fingerprint density at radius 3 is 2.70 bits per heavy atom. The van der Waals surface area contributed by atoms with Crippen LogP contribution in [0.3, 0.4) is 0 Å². The van der Waals surface area contributed by atoms with Gasteiger partial charge in [-0.1, -0.05) is 0 Å². The van der Waals surface area contributed by atoms with E-state index in [9.17, 15) is 4.21 Å². The predicted molar refractivity (Wildman–Crippen MR) is 45.3 cm³/mol. The van der Waals surface area contributed by atoms with Crippen molar-refractivity contribution in [3.63, 3.8) is 0 Å². The minimum Gasteiger partial charge on any atom is -0.316 e. The molecule has 1 unspecified atom stereocenters. The summed E-state index contributed by atoms with van der Waals surface area (Å²) in [5.41, 5.74) is 0. The predicted octanol–water partition coefficient (Wildman–Crippen LogP) is 0.448. The van der Waals surface area contributed by atoms with Crippen molar-refractivity contribution in [3.05, 3.63) is 0 Å². The molecule has 10 heavy (non-hydrogen) atoms. The van der Waals surface area contributed by atoms with Gasteiger partial charge in [-0.05, 0) is 13.0 Å². The molecule has 0 aromatic rings. The monoisotopic (exact) mass is 184 g/mol. The Balaban J connectivity index is 0.000000810. The fourth-order valence-corrected chi connectivity index (χ4v) is 2.18. The lowest BCUT2D eigenvalue weighted by Gasteiger charge is -1.97. The molecule has 0 radical (unpaired) electrons. The second-order valence-electron chi connectivity index (χ2n) is 2.32. The molecular formula is C5H13ClN2OS. The van der Waals surface area contributed by atoms with Crippen LogP contribution in [-0.2, 0) is 9.73 Å². The van der Waals surface area contributed by atoms with Crippen LogP contribution in [0.5, 0.6) is 0 Å². The van der Waals surface area contributed by atoms with Gasteiger partial charge in [0.05, 0.1) is 0 Å². The molecule has 0 saturated carbocycles. The third-order valence-corrected chi connectivity index (χ3v) is 3.25. The minimum absolute atomic E-state index is 0. The third-order valence-electron chi connectivity index (χ3n) is 1.44. The van der Waals surface area contributed by atoms with Crippen molar-refractivity contribution in [2.45, 2.75) is 6.42 Å². The van der Waals surface area contributed by atoms with Crippen LogP contribution in [0.25, 0.3) is 0 Å². The molecule has 1 atom stereocenters. The molecule has 1 aliphatic rings. The van der Waals surface area contributed by atoms with Crippen molar-refractivity contribution in [1.82, 2.24) is 5.32 Å². The topological polar surface area (TPSA) is 53.0 Å². The van der Waals surface area contributed by atoms with E-state index in [1.165, 1.54) is 0 Å². The average Bonchev–Trinajstić information content (AvgIpc) is 1.92. The second-order valence-corrected chi connectivity index (χ2v) is 4.76. The zero-order valence-corrected chi connectivity index (χ0v) is 7.39. The van der Waals surface area contributed by atoms with Gasteiger partial charge in [0.1, 0.15) is 0 Å². The van der Waals surface area contributed by atoms with E-state index in [0.29, 0.717) is 11.5 Å². The lowest BCUT2D eigenvalue weighted by Crippen LogP contribution is -2.17. The first-order valence-electron chi connectivity index (χ1n) is 3.16. The van der Waals surface area contributed by atoms with Crippen LogP contribution in [0.15, 0.2) is 0 Å². The lowest BCUT2D eigenvalue weighted by molar-refractivity contribution is 0.675. The van der Waals surface area contributed by atoms with E-state index in [0.717, 1.165) is 19.5 Å². The van der Waals surface area contributed by atoms with Gasteiger partial charge < -0.3 is 5.32 Å². The summed E-state index contributed by atoms with van der Waals surface area (Å²) in [7, 11) is -2.18. The molecule has 1 heterocycles. The Kier molecular flexibility index (Phi) is 4.24. The Bertz CT molecular complexity index is 164. The van der Waals surface area contributed by atoms with Crippen LogP contribution in [0.2, 0.25) is 0 Å². The maximum Gasteiger partial charge on any atom is 0.0454 e. The van der Waals surface area contributed by atoms with Crippen molar-refractivity contribution >= 4 is 22.1 Å². The molecule has 3 nitrogen and oxygen atoms in total. The quantitative estimate of drug-likeness (QED) is 0.575. The van der Waals surface area contributed by atoms with Crippen molar-refractivity contribution in [3.8, 4) is 0 Å². The van der Waals surface area contributed by atoms with Gasteiger partial charge in [0.25, 0.3) is 0 Å². The van der Waals surface area contributed by atoms with Crippen LogP contribution < -0.4 is 5.32 Å². The summed E-state index contributed by atoms with van der Waals surface area (Å²) in [6.45, 7) is 1.68. The summed E-state index contributed by atoms with van der Waals surface area (Å²) in [6, 6.07) is 0. The van der Waals surface area contributed by atoms with Crippen LogP contribution in [0, 0.1) is 4.78 Å². The molecule has 1 fully saturated rings. The van der Waals surface area contributed by atoms with E-state index in [-0.39, 0.29) is 12.4 Å². The Morgan fingerprint density at radius 2 is 2.00 bits per heavy atom. The molecule has 0 bridgehead atoms. The first-order valence-corrected chi connectivity index (χ1v) is 5.05. The summed E-state index contributed by atoms with van der Waals surface area (Å²) in [5.74, 6) is 1.12. The van der Waals surface area contributed by atoms with Crippen LogP contribution >= 0.6 is 12.4 Å². The third kappa shape index (κ3) is 3.39. The summed E-state index contributed by atoms with van der Waals surface area (Å²) < 4.78 is 18.3. The number of halogens is 1. The van der Waals surface area contributed by atoms with Gasteiger partial charge in [-0.3, -0.25) is 4.78 Å². The zero-order valence-electron chi connectivity index (χ0n) is 5.76. The first-order chi connectivity index (χ1) is 4.21. The van der Waals surface area contributed by atoms with Crippen LogP contribution in [-0.4, -0.2) is 28.8 Å². The second kappa shape index (κ2) is 4.16. The zero-order chi connectivity index (χ0) is 6.74. The van der Waals surface area contributed by atoms with Gasteiger partial charge in [-0.2, -0.15) is 0 Å². The molecule has 2 N–H and O–H groups in total. The van der Waals surface area contributed by atoms with Gasteiger partial charge in [0.2, 0.25) is 0 Å². The number of hydrogen-bond donors (Lipinski definition) is 2. The summed E-state index contributed by atoms with van der Waals surface area (Å²) in [6.07, 6.45) is 0.891. The Hall–Kier alpha value is 0.200. The Labute approximate surface area is 68.0 Å². The molecule has 0 aliphatic carbocycles. The lowest BCUT2D eigenvalue weighted by atomic mass is 10.5. The minimum atomic E-state index is -2.18. The molecule has 1 saturated heterocycles. The molecule has 0 spiro atoms. The normalized spacial score (nSPS) is 34.0. The van der Waals surface area contributed by atoms with Crippen LogP contribution in [0.4, 0.5) is 0 Å². The highest BCUT2D eigenvalue weighted by molar-refractivity contribution is 7.92. The van der Waals surface area contributed by atoms with Crippen molar-refractivity contribution in [2.24, 2.45) is 0 Å². The molecule has 62 valence electrons. The summed E-state index contributed by atoms with van der Waals surface area (Å²) in [5, 5.41) is 3.10.